The number of fused-ring (bicyclic) bond motifs is 1. The van der Waals surface area contributed by atoms with Crippen molar-refractivity contribution in [2.45, 2.75) is 34.6 Å². The molecule has 17 heavy (non-hydrogen) atoms. The fourth-order valence-corrected chi connectivity index (χ4v) is 1.97. The summed E-state index contributed by atoms with van der Waals surface area (Å²) in [6, 6.07) is 0. The van der Waals surface area contributed by atoms with E-state index in [2.05, 4.69) is 74.3 Å². The van der Waals surface area contributed by atoms with E-state index in [4.69, 9.17) is 0 Å². The van der Waals surface area contributed by atoms with Gasteiger partial charge in [0.25, 0.3) is 0 Å². The van der Waals surface area contributed by atoms with Crippen molar-refractivity contribution in [1.29, 1.82) is 0 Å². The van der Waals surface area contributed by atoms with E-state index in [1.54, 1.807) is 0 Å². The van der Waals surface area contributed by atoms with Gasteiger partial charge in [-0.3, -0.25) is 5.10 Å². The molecule has 0 saturated carbocycles. The Balaban J connectivity index is 2.74. The quantitative estimate of drug-likeness (QED) is 0.746. The molecule has 2 rings (SSSR count). The normalized spacial score (nSPS) is 32.6. The average Bonchev–Trinajstić information content (AvgIpc) is 2.60. The molecule has 1 aromatic rings. The molecule has 0 amide bonds. The fraction of sp³-hybridized carbons (Fsp3) is 0.571. The Morgan fingerprint density at radius 3 is 2.47 bits per heavy atom. The van der Waals surface area contributed by atoms with Crippen LogP contribution in [0.2, 0.25) is 0 Å². The molecular formula is C14H21N3. The van der Waals surface area contributed by atoms with Crippen LogP contribution in [-0.4, -0.2) is 15.4 Å². The summed E-state index contributed by atoms with van der Waals surface area (Å²) in [5, 5.41) is 13.0. The highest BCUT2D eigenvalue weighted by Crippen LogP contribution is 2.33. The molecule has 1 unspecified atom stereocenters. The minimum Gasteiger partial charge on any atom is -0.258 e. The van der Waals surface area contributed by atoms with Crippen LogP contribution in [0.1, 0.15) is 34.6 Å². The van der Waals surface area contributed by atoms with E-state index >= 15 is 0 Å². The fourth-order valence-electron chi connectivity index (χ4n) is 1.97. The predicted molar refractivity (Wildman–Crippen MR) is 70.4 cm³/mol. The molecule has 3 heteroatoms. The molecule has 1 atom stereocenters. The first-order valence-corrected chi connectivity index (χ1v) is 6.16. The molecule has 0 bridgehead atoms. The third-order valence-electron chi connectivity index (χ3n) is 3.68. The molecule has 0 saturated heterocycles. The molecule has 1 aromatic heterocycles. The lowest BCUT2D eigenvalue weighted by Gasteiger charge is -2.29. The van der Waals surface area contributed by atoms with Gasteiger partial charge in [-0.2, -0.15) is 0 Å². The summed E-state index contributed by atoms with van der Waals surface area (Å²) in [6.45, 7) is 11.1. The van der Waals surface area contributed by atoms with Gasteiger partial charge in [0.1, 0.15) is 5.35 Å². The monoisotopic (exact) mass is 231 g/mol. The van der Waals surface area contributed by atoms with Crippen LogP contribution in [0.3, 0.4) is 0 Å². The van der Waals surface area contributed by atoms with E-state index in [9.17, 15) is 0 Å². The van der Waals surface area contributed by atoms with Crippen molar-refractivity contribution in [3.8, 4) is 0 Å². The van der Waals surface area contributed by atoms with Gasteiger partial charge in [0, 0.05) is 10.8 Å². The Bertz CT molecular complexity index is 548. The third kappa shape index (κ3) is 2.33. The molecule has 1 aliphatic carbocycles. The Morgan fingerprint density at radius 1 is 1.12 bits per heavy atom. The van der Waals surface area contributed by atoms with Crippen molar-refractivity contribution in [2.24, 2.45) is 16.7 Å². The highest BCUT2D eigenvalue weighted by molar-refractivity contribution is 5.43. The number of hydrogen-bond donors (Lipinski definition) is 1. The van der Waals surface area contributed by atoms with Crippen molar-refractivity contribution in [2.75, 3.05) is 0 Å². The van der Waals surface area contributed by atoms with E-state index in [1.807, 2.05) is 0 Å². The summed E-state index contributed by atoms with van der Waals surface area (Å²) in [4.78, 5) is 0. The van der Waals surface area contributed by atoms with Gasteiger partial charge in [-0.1, -0.05) is 52.0 Å². The van der Waals surface area contributed by atoms with Crippen molar-refractivity contribution < 1.29 is 0 Å². The topological polar surface area (TPSA) is 41.6 Å². The highest BCUT2D eigenvalue weighted by atomic mass is 15.3. The van der Waals surface area contributed by atoms with Crippen LogP contribution in [0.15, 0.2) is 12.2 Å². The molecule has 0 aromatic carbocycles. The second kappa shape index (κ2) is 3.83. The van der Waals surface area contributed by atoms with E-state index < -0.39 is 0 Å². The van der Waals surface area contributed by atoms with Gasteiger partial charge in [0.2, 0.25) is 0 Å². The maximum Gasteiger partial charge on any atom is 0.109 e. The number of aromatic amines is 1. The summed E-state index contributed by atoms with van der Waals surface area (Å²) >= 11 is 0. The van der Waals surface area contributed by atoms with Crippen molar-refractivity contribution in [3.05, 3.63) is 22.9 Å². The summed E-state index contributed by atoms with van der Waals surface area (Å²) in [7, 11) is 0. The van der Waals surface area contributed by atoms with E-state index in [-0.39, 0.29) is 10.8 Å². The maximum absolute atomic E-state index is 4.18. The van der Waals surface area contributed by atoms with Gasteiger partial charge in [0.15, 0.2) is 0 Å². The number of aromatic nitrogens is 3. The zero-order valence-corrected chi connectivity index (χ0v) is 11.3. The minimum absolute atomic E-state index is 0.0212. The van der Waals surface area contributed by atoms with Crippen molar-refractivity contribution in [3.63, 3.8) is 0 Å². The Kier molecular flexibility index (Phi) is 2.72. The summed E-state index contributed by atoms with van der Waals surface area (Å²) in [5.41, 5.74) is 0.0462. The predicted octanol–water partition coefficient (Wildman–Crippen LogP) is 1.62. The van der Waals surface area contributed by atoms with Crippen LogP contribution in [0.5, 0.6) is 0 Å². The smallest absolute Gasteiger partial charge is 0.109 e. The number of H-pyrrole nitrogens is 1. The number of nitrogens with zero attached hydrogens (tertiary/aromatic N) is 2. The van der Waals surface area contributed by atoms with Crippen LogP contribution < -0.4 is 10.7 Å². The van der Waals surface area contributed by atoms with Crippen molar-refractivity contribution in [1.82, 2.24) is 15.4 Å². The molecule has 0 spiro atoms. The number of allylic oxidation sites excluding steroid dienone is 2. The number of nitrogens with one attached hydrogen (secondary N) is 1. The molecule has 1 N–H and O–H groups in total. The molecule has 0 radical (unpaired) electrons. The highest BCUT2D eigenvalue weighted by Gasteiger charge is 2.25. The second-order valence-electron chi connectivity index (χ2n) is 6.07. The lowest BCUT2D eigenvalue weighted by Crippen LogP contribution is -2.33. The van der Waals surface area contributed by atoms with E-state index in [0.717, 1.165) is 10.7 Å². The Morgan fingerprint density at radius 2 is 1.82 bits per heavy atom. The number of rotatable bonds is 1. The van der Waals surface area contributed by atoms with Crippen molar-refractivity contribution >= 4 is 12.2 Å². The maximum atomic E-state index is 4.18. The van der Waals surface area contributed by atoms with E-state index in [0.29, 0.717) is 5.92 Å². The van der Waals surface area contributed by atoms with Gasteiger partial charge in [-0.15, -0.1) is 5.10 Å². The summed E-state index contributed by atoms with van der Waals surface area (Å²) in [5.74, 6) is 0.525. The van der Waals surface area contributed by atoms with Gasteiger partial charge in [-0.05, 0) is 18.1 Å². The Labute approximate surface area is 102 Å². The Hall–Kier alpha value is -1.38. The zero-order valence-electron chi connectivity index (χ0n) is 11.3. The standard InChI is InChI=1S/C14H21N3/c1-10(2)14(5)7-6-13(3,4)8-11-12(9-14)16-17-15-11/h6-10H,1-5H3,(H,15,16)/b7-6-,11-8+,12-9+. The number of hydrogen-bond acceptors (Lipinski definition) is 2. The summed E-state index contributed by atoms with van der Waals surface area (Å²) < 4.78 is 0. The zero-order chi connectivity index (χ0) is 12.7. The molecule has 1 aliphatic rings. The first-order valence-electron chi connectivity index (χ1n) is 6.16. The van der Waals surface area contributed by atoms with Crippen LogP contribution in [0.25, 0.3) is 12.2 Å². The second-order valence-corrected chi connectivity index (χ2v) is 6.07. The lowest BCUT2D eigenvalue weighted by atomic mass is 9.75. The van der Waals surface area contributed by atoms with Gasteiger partial charge in [-0.25, -0.2) is 0 Å². The molecule has 0 aliphatic heterocycles. The van der Waals surface area contributed by atoms with Crippen LogP contribution in [-0.2, 0) is 0 Å². The van der Waals surface area contributed by atoms with Crippen LogP contribution in [0, 0.1) is 16.7 Å². The third-order valence-corrected chi connectivity index (χ3v) is 3.68. The SMILES string of the molecule is CC(C)C1(C)/C=C\C(C)(C)/C=c2/[nH]nn/c2=C/1. The molecule has 0 fully saturated rings. The average molecular weight is 231 g/mol. The largest absolute Gasteiger partial charge is 0.258 e. The first-order chi connectivity index (χ1) is 7.82. The minimum atomic E-state index is 0.0212. The molecule has 3 nitrogen and oxygen atoms in total. The van der Waals surface area contributed by atoms with E-state index in [1.165, 1.54) is 0 Å². The first kappa shape index (κ1) is 12.1. The van der Waals surface area contributed by atoms with Gasteiger partial charge < -0.3 is 0 Å². The van der Waals surface area contributed by atoms with Gasteiger partial charge >= 0.3 is 0 Å². The molecular weight excluding hydrogens is 210 g/mol. The van der Waals surface area contributed by atoms with Gasteiger partial charge in [0.05, 0.1) is 5.35 Å². The van der Waals surface area contributed by atoms with Crippen LogP contribution in [0.4, 0.5) is 0 Å². The summed E-state index contributed by atoms with van der Waals surface area (Å²) in [6.07, 6.45) is 8.95. The lowest BCUT2D eigenvalue weighted by molar-refractivity contribution is 0.404. The van der Waals surface area contributed by atoms with Crippen LogP contribution >= 0.6 is 0 Å². The molecule has 92 valence electrons. The molecule has 1 heterocycles.